The lowest BCUT2D eigenvalue weighted by molar-refractivity contribution is 0.307. The fourth-order valence-electron chi connectivity index (χ4n) is 1.63. The van der Waals surface area contributed by atoms with Gasteiger partial charge in [0.25, 0.3) is 0 Å². The fraction of sp³-hybridized carbons (Fsp3) is 0.286. The Balaban J connectivity index is 2.20. The van der Waals surface area contributed by atoms with E-state index in [1.807, 2.05) is 31.2 Å². The average Bonchev–Trinajstić information content (AvgIpc) is 2.48. The van der Waals surface area contributed by atoms with E-state index < -0.39 is 0 Å². The predicted octanol–water partition coefficient (Wildman–Crippen LogP) is 2.60. The lowest BCUT2D eigenvalue weighted by Crippen LogP contribution is -2.05. The Hall–Kier alpha value is -2.50. The van der Waals surface area contributed by atoms with Crippen molar-refractivity contribution in [2.24, 2.45) is 0 Å². The molecular formula is C14H18N4O2. The first-order chi connectivity index (χ1) is 9.74. The lowest BCUT2D eigenvalue weighted by Gasteiger charge is -2.12. The first kappa shape index (κ1) is 13.9. The monoisotopic (exact) mass is 274 g/mol. The number of rotatable bonds is 6. The molecule has 0 atom stereocenters. The number of nitrogens with zero attached hydrogens (tertiary/aromatic N) is 2. The first-order valence-electron chi connectivity index (χ1n) is 6.39. The number of nitrogens with two attached hydrogens (primary N) is 1. The topological polar surface area (TPSA) is 82.3 Å². The molecule has 0 aliphatic heterocycles. The molecule has 0 amide bonds. The smallest absolute Gasteiger partial charge is 0.242 e. The van der Waals surface area contributed by atoms with E-state index in [-0.39, 0.29) is 0 Å². The maximum absolute atomic E-state index is 6.00. The van der Waals surface area contributed by atoms with Gasteiger partial charge in [-0.05, 0) is 18.6 Å². The van der Waals surface area contributed by atoms with Gasteiger partial charge in [-0.3, -0.25) is 0 Å². The zero-order valence-electron chi connectivity index (χ0n) is 11.6. The number of anilines is 3. The molecule has 6 heteroatoms. The van der Waals surface area contributed by atoms with Crippen LogP contribution in [0.3, 0.4) is 0 Å². The van der Waals surface area contributed by atoms with E-state index in [2.05, 4.69) is 15.3 Å². The Kier molecular flexibility index (Phi) is 4.60. The average molecular weight is 274 g/mol. The Morgan fingerprint density at radius 2 is 2.15 bits per heavy atom. The van der Waals surface area contributed by atoms with Gasteiger partial charge in [0.2, 0.25) is 5.88 Å². The SMILES string of the molecule is CCCOc1ncnc(Nc2cccc(OC)c2)c1N. The molecule has 0 unspecified atom stereocenters. The van der Waals surface area contributed by atoms with Crippen molar-refractivity contribution in [3.63, 3.8) is 0 Å². The van der Waals surface area contributed by atoms with E-state index in [0.29, 0.717) is 24.0 Å². The molecule has 2 aromatic rings. The second kappa shape index (κ2) is 6.60. The maximum Gasteiger partial charge on any atom is 0.242 e. The van der Waals surface area contributed by atoms with Crippen molar-refractivity contribution in [2.75, 3.05) is 24.8 Å². The van der Waals surface area contributed by atoms with Crippen LogP contribution in [-0.4, -0.2) is 23.7 Å². The van der Waals surface area contributed by atoms with Crippen LogP contribution in [0.2, 0.25) is 0 Å². The summed E-state index contributed by atoms with van der Waals surface area (Å²) < 4.78 is 10.6. The Morgan fingerprint density at radius 3 is 2.90 bits per heavy atom. The number of methoxy groups -OCH3 is 1. The van der Waals surface area contributed by atoms with Crippen LogP contribution in [-0.2, 0) is 0 Å². The van der Waals surface area contributed by atoms with Gasteiger partial charge >= 0.3 is 0 Å². The molecule has 0 fully saturated rings. The van der Waals surface area contributed by atoms with Crippen molar-refractivity contribution in [1.82, 2.24) is 9.97 Å². The van der Waals surface area contributed by atoms with E-state index in [4.69, 9.17) is 15.2 Å². The van der Waals surface area contributed by atoms with Crippen molar-refractivity contribution in [3.8, 4) is 11.6 Å². The largest absolute Gasteiger partial charge is 0.497 e. The summed E-state index contributed by atoms with van der Waals surface area (Å²) in [5, 5.41) is 3.13. The summed E-state index contributed by atoms with van der Waals surface area (Å²) in [6.07, 6.45) is 2.31. The second-order valence-corrected chi connectivity index (χ2v) is 4.15. The van der Waals surface area contributed by atoms with Crippen LogP contribution >= 0.6 is 0 Å². The Labute approximate surface area is 118 Å². The molecule has 0 bridgehead atoms. The molecule has 106 valence electrons. The van der Waals surface area contributed by atoms with E-state index >= 15 is 0 Å². The van der Waals surface area contributed by atoms with Crippen LogP contribution in [0, 0.1) is 0 Å². The molecule has 2 rings (SSSR count). The Morgan fingerprint density at radius 1 is 1.30 bits per heavy atom. The number of aromatic nitrogens is 2. The van der Waals surface area contributed by atoms with Crippen molar-refractivity contribution in [1.29, 1.82) is 0 Å². The summed E-state index contributed by atoms with van der Waals surface area (Å²) in [7, 11) is 1.62. The van der Waals surface area contributed by atoms with E-state index in [1.165, 1.54) is 6.33 Å². The number of hydrogen-bond acceptors (Lipinski definition) is 6. The van der Waals surface area contributed by atoms with Crippen LogP contribution in [0.4, 0.5) is 17.2 Å². The van der Waals surface area contributed by atoms with Gasteiger partial charge in [-0.1, -0.05) is 13.0 Å². The normalized spacial score (nSPS) is 10.1. The number of hydrogen-bond donors (Lipinski definition) is 2. The van der Waals surface area contributed by atoms with Crippen molar-refractivity contribution < 1.29 is 9.47 Å². The molecule has 0 saturated heterocycles. The molecule has 1 heterocycles. The number of nitrogens with one attached hydrogen (secondary N) is 1. The third-order valence-corrected chi connectivity index (χ3v) is 2.62. The molecule has 0 aliphatic rings. The van der Waals surface area contributed by atoms with Crippen LogP contribution in [0.1, 0.15) is 13.3 Å². The third kappa shape index (κ3) is 3.28. The van der Waals surface area contributed by atoms with Gasteiger partial charge in [0.1, 0.15) is 17.8 Å². The van der Waals surface area contributed by atoms with Crippen molar-refractivity contribution >= 4 is 17.2 Å². The van der Waals surface area contributed by atoms with Crippen LogP contribution < -0.4 is 20.5 Å². The highest BCUT2D eigenvalue weighted by atomic mass is 16.5. The van der Waals surface area contributed by atoms with Gasteiger partial charge in [0.15, 0.2) is 5.82 Å². The zero-order chi connectivity index (χ0) is 14.4. The highest BCUT2D eigenvalue weighted by Crippen LogP contribution is 2.28. The van der Waals surface area contributed by atoms with Gasteiger partial charge in [0.05, 0.1) is 13.7 Å². The van der Waals surface area contributed by atoms with Crippen LogP contribution in [0.5, 0.6) is 11.6 Å². The molecule has 0 saturated carbocycles. The first-order valence-corrected chi connectivity index (χ1v) is 6.39. The molecule has 0 radical (unpaired) electrons. The summed E-state index contributed by atoms with van der Waals surface area (Å²) in [5.74, 6) is 1.66. The number of nitrogen functional groups attached to an aromatic ring is 1. The van der Waals surface area contributed by atoms with E-state index in [1.54, 1.807) is 7.11 Å². The summed E-state index contributed by atoms with van der Waals surface area (Å²) in [6.45, 7) is 2.59. The molecule has 20 heavy (non-hydrogen) atoms. The third-order valence-electron chi connectivity index (χ3n) is 2.62. The highest BCUT2D eigenvalue weighted by molar-refractivity contribution is 5.72. The van der Waals surface area contributed by atoms with Gasteiger partial charge in [-0.25, -0.2) is 4.98 Å². The molecule has 6 nitrogen and oxygen atoms in total. The summed E-state index contributed by atoms with van der Waals surface area (Å²) >= 11 is 0. The minimum Gasteiger partial charge on any atom is -0.497 e. The summed E-state index contributed by atoms with van der Waals surface area (Å²) in [4.78, 5) is 8.16. The number of benzene rings is 1. The van der Waals surface area contributed by atoms with Gasteiger partial charge in [0, 0.05) is 11.8 Å². The van der Waals surface area contributed by atoms with E-state index in [9.17, 15) is 0 Å². The van der Waals surface area contributed by atoms with Crippen LogP contribution in [0.15, 0.2) is 30.6 Å². The van der Waals surface area contributed by atoms with Crippen LogP contribution in [0.25, 0.3) is 0 Å². The molecule has 1 aromatic heterocycles. The molecule has 0 spiro atoms. The van der Waals surface area contributed by atoms with Crippen molar-refractivity contribution in [2.45, 2.75) is 13.3 Å². The van der Waals surface area contributed by atoms with E-state index in [0.717, 1.165) is 17.9 Å². The standard InChI is InChI=1S/C14H18N4O2/c1-3-7-20-14-12(15)13(16-9-17-14)18-10-5-4-6-11(8-10)19-2/h4-6,8-9H,3,7,15H2,1-2H3,(H,16,17,18). The zero-order valence-corrected chi connectivity index (χ0v) is 11.6. The molecule has 0 aliphatic carbocycles. The quantitative estimate of drug-likeness (QED) is 0.842. The number of ether oxygens (including phenoxy) is 2. The maximum atomic E-state index is 6.00. The highest BCUT2D eigenvalue weighted by Gasteiger charge is 2.09. The fourth-order valence-corrected chi connectivity index (χ4v) is 1.63. The Bertz CT molecular complexity index is 575. The van der Waals surface area contributed by atoms with Crippen molar-refractivity contribution in [3.05, 3.63) is 30.6 Å². The summed E-state index contributed by atoms with van der Waals surface area (Å²) in [6, 6.07) is 7.50. The molecular weight excluding hydrogens is 256 g/mol. The minimum absolute atomic E-state index is 0.392. The summed E-state index contributed by atoms with van der Waals surface area (Å²) in [5.41, 5.74) is 7.22. The van der Waals surface area contributed by atoms with Gasteiger partial charge in [-0.2, -0.15) is 4.98 Å². The lowest BCUT2D eigenvalue weighted by atomic mass is 10.3. The predicted molar refractivity (Wildman–Crippen MR) is 78.5 cm³/mol. The second-order valence-electron chi connectivity index (χ2n) is 4.15. The van der Waals surface area contributed by atoms with Gasteiger partial charge < -0.3 is 20.5 Å². The minimum atomic E-state index is 0.392. The van der Waals surface area contributed by atoms with Gasteiger partial charge in [-0.15, -0.1) is 0 Å². The molecule has 3 N–H and O–H groups in total. The molecule has 1 aromatic carbocycles.